The second-order valence-corrected chi connectivity index (χ2v) is 8.04. The molecule has 7 heteroatoms. The number of aryl methyl sites for hydroxylation is 1. The summed E-state index contributed by atoms with van der Waals surface area (Å²) in [6, 6.07) is 8.23. The van der Waals surface area contributed by atoms with Crippen molar-refractivity contribution >= 4 is 17.7 Å². The molecule has 1 aliphatic rings. The molecule has 1 fully saturated rings. The molecule has 6 nitrogen and oxygen atoms in total. The standard InChI is InChI=1S/C21H28N4O2S/c1-3-12-25-19(14-27-18-11-7-8-16(2)13-18)23-24-21(25)28-15-20(26)22-17-9-5-4-6-10-17/h3,7-8,11,13,17H,1,4-6,9-10,12,14-15H2,2H3,(H,22,26). The maximum absolute atomic E-state index is 12.3. The third kappa shape index (κ3) is 5.86. The van der Waals surface area contributed by atoms with Crippen molar-refractivity contribution in [3.63, 3.8) is 0 Å². The van der Waals surface area contributed by atoms with E-state index < -0.39 is 0 Å². The molecule has 0 spiro atoms. The van der Waals surface area contributed by atoms with Crippen molar-refractivity contribution in [2.45, 2.75) is 63.4 Å². The normalized spacial score (nSPS) is 14.6. The fourth-order valence-electron chi connectivity index (χ4n) is 3.34. The number of thioether (sulfide) groups is 1. The first kappa shape index (κ1) is 20.5. The number of hydrogen-bond donors (Lipinski definition) is 1. The van der Waals surface area contributed by atoms with Crippen molar-refractivity contribution in [3.8, 4) is 5.75 Å². The molecule has 2 aromatic rings. The van der Waals surface area contributed by atoms with Crippen LogP contribution >= 0.6 is 11.8 Å². The van der Waals surface area contributed by atoms with E-state index in [0.717, 1.165) is 30.0 Å². The Morgan fingerprint density at radius 3 is 2.93 bits per heavy atom. The summed E-state index contributed by atoms with van der Waals surface area (Å²) < 4.78 is 7.80. The number of carbonyl (C=O) groups excluding carboxylic acids is 1. The number of rotatable bonds is 9. The van der Waals surface area contributed by atoms with E-state index in [4.69, 9.17) is 4.74 Å². The molecule has 1 saturated carbocycles. The predicted molar refractivity (Wildman–Crippen MR) is 111 cm³/mol. The molecule has 1 N–H and O–H groups in total. The highest BCUT2D eigenvalue weighted by atomic mass is 32.2. The van der Waals surface area contributed by atoms with Gasteiger partial charge in [-0.1, -0.05) is 49.2 Å². The Kier molecular flexibility index (Phi) is 7.54. The lowest BCUT2D eigenvalue weighted by Crippen LogP contribution is -2.37. The van der Waals surface area contributed by atoms with E-state index in [1.54, 1.807) is 6.08 Å². The Hall–Kier alpha value is -2.28. The average Bonchev–Trinajstić information content (AvgIpc) is 3.08. The van der Waals surface area contributed by atoms with Crippen LogP contribution < -0.4 is 10.1 Å². The maximum Gasteiger partial charge on any atom is 0.230 e. The summed E-state index contributed by atoms with van der Waals surface area (Å²) in [6.45, 7) is 6.74. The number of aromatic nitrogens is 3. The quantitative estimate of drug-likeness (QED) is 0.511. The van der Waals surface area contributed by atoms with E-state index in [1.165, 1.54) is 31.0 Å². The highest BCUT2D eigenvalue weighted by Crippen LogP contribution is 2.21. The lowest BCUT2D eigenvalue weighted by molar-refractivity contribution is -0.119. The van der Waals surface area contributed by atoms with Gasteiger partial charge in [-0.3, -0.25) is 9.36 Å². The molecule has 0 aliphatic heterocycles. The smallest absolute Gasteiger partial charge is 0.230 e. The Morgan fingerprint density at radius 2 is 2.18 bits per heavy atom. The van der Waals surface area contributed by atoms with Crippen molar-refractivity contribution in [3.05, 3.63) is 48.3 Å². The number of benzene rings is 1. The molecule has 0 atom stereocenters. The molecular weight excluding hydrogens is 372 g/mol. The van der Waals surface area contributed by atoms with Crippen molar-refractivity contribution < 1.29 is 9.53 Å². The van der Waals surface area contributed by atoms with Crippen LogP contribution in [0.3, 0.4) is 0 Å². The van der Waals surface area contributed by atoms with E-state index in [2.05, 4.69) is 22.1 Å². The van der Waals surface area contributed by atoms with Crippen molar-refractivity contribution in [1.82, 2.24) is 20.1 Å². The molecule has 0 bridgehead atoms. The number of ether oxygens (including phenoxy) is 1. The van der Waals surface area contributed by atoms with Crippen molar-refractivity contribution in [2.75, 3.05) is 5.75 Å². The molecule has 1 aromatic heterocycles. The molecule has 0 saturated heterocycles. The van der Waals surface area contributed by atoms with Crippen LogP contribution in [0.5, 0.6) is 5.75 Å². The Balaban J connectivity index is 1.56. The summed E-state index contributed by atoms with van der Waals surface area (Å²) in [5.74, 6) is 1.92. The van der Waals surface area contributed by atoms with Gasteiger partial charge >= 0.3 is 0 Å². The van der Waals surface area contributed by atoms with Crippen LogP contribution in [-0.4, -0.2) is 32.5 Å². The van der Waals surface area contributed by atoms with Crippen LogP contribution in [0.25, 0.3) is 0 Å². The van der Waals surface area contributed by atoms with Gasteiger partial charge < -0.3 is 10.1 Å². The van der Waals surface area contributed by atoms with E-state index >= 15 is 0 Å². The van der Waals surface area contributed by atoms with Gasteiger partial charge in [0.05, 0.1) is 5.75 Å². The Bertz CT molecular complexity index is 799. The second kappa shape index (κ2) is 10.3. The maximum atomic E-state index is 12.3. The topological polar surface area (TPSA) is 69.0 Å². The number of allylic oxidation sites excluding steroid dienone is 1. The molecule has 0 radical (unpaired) electrons. The molecule has 1 heterocycles. The summed E-state index contributed by atoms with van der Waals surface area (Å²) in [5.41, 5.74) is 1.14. The number of amides is 1. The first-order valence-corrected chi connectivity index (χ1v) is 10.8. The van der Waals surface area contributed by atoms with Gasteiger partial charge in [-0.2, -0.15) is 0 Å². The van der Waals surface area contributed by atoms with Gasteiger partial charge in [0.1, 0.15) is 12.4 Å². The van der Waals surface area contributed by atoms with E-state index in [9.17, 15) is 4.79 Å². The molecule has 150 valence electrons. The molecule has 1 aliphatic carbocycles. The van der Waals surface area contributed by atoms with E-state index in [-0.39, 0.29) is 5.91 Å². The Morgan fingerprint density at radius 1 is 1.36 bits per heavy atom. The largest absolute Gasteiger partial charge is 0.486 e. The number of carbonyl (C=O) groups is 1. The van der Waals surface area contributed by atoms with Crippen LogP contribution in [0.2, 0.25) is 0 Å². The first-order chi connectivity index (χ1) is 13.7. The van der Waals surface area contributed by atoms with Gasteiger partial charge in [0.2, 0.25) is 5.91 Å². The van der Waals surface area contributed by atoms with E-state index in [1.807, 2.05) is 35.8 Å². The van der Waals surface area contributed by atoms with Gasteiger partial charge in [-0.05, 0) is 37.5 Å². The summed E-state index contributed by atoms with van der Waals surface area (Å²) in [5, 5.41) is 12.4. The number of nitrogens with zero attached hydrogens (tertiary/aromatic N) is 3. The fraction of sp³-hybridized carbons (Fsp3) is 0.476. The van der Waals surface area contributed by atoms with Crippen LogP contribution in [0.1, 0.15) is 43.5 Å². The summed E-state index contributed by atoms with van der Waals surface area (Å²) >= 11 is 1.40. The number of nitrogens with one attached hydrogen (secondary N) is 1. The third-order valence-electron chi connectivity index (χ3n) is 4.77. The fourth-order valence-corrected chi connectivity index (χ4v) is 4.12. The zero-order valence-electron chi connectivity index (χ0n) is 16.4. The molecule has 1 aromatic carbocycles. The summed E-state index contributed by atoms with van der Waals surface area (Å²) in [4.78, 5) is 12.3. The SMILES string of the molecule is C=CCn1c(COc2cccc(C)c2)nnc1SCC(=O)NC1CCCCC1. The third-order valence-corrected chi connectivity index (χ3v) is 5.73. The minimum Gasteiger partial charge on any atom is -0.486 e. The minimum absolute atomic E-state index is 0.0580. The van der Waals surface area contributed by atoms with Crippen LogP contribution in [0.4, 0.5) is 0 Å². The van der Waals surface area contributed by atoms with E-state index in [0.29, 0.717) is 30.1 Å². The van der Waals surface area contributed by atoms with Gasteiger partial charge in [0, 0.05) is 12.6 Å². The number of hydrogen-bond acceptors (Lipinski definition) is 5. The highest BCUT2D eigenvalue weighted by Gasteiger charge is 2.18. The lowest BCUT2D eigenvalue weighted by atomic mass is 9.95. The van der Waals surface area contributed by atoms with Crippen LogP contribution in [-0.2, 0) is 17.9 Å². The van der Waals surface area contributed by atoms with Gasteiger partial charge in [-0.25, -0.2) is 0 Å². The summed E-state index contributed by atoms with van der Waals surface area (Å²) in [7, 11) is 0. The first-order valence-electron chi connectivity index (χ1n) is 9.80. The molecule has 1 amide bonds. The zero-order chi connectivity index (χ0) is 19.8. The highest BCUT2D eigenvalue weighted by molar-refractivity contribution is 7.99. The Labute approximate surface area is 170 Å². The molecule has 0 unspecified atom stereocenters. The van der Waals surface area contributed by atoms with Crippen LogP contribution in [0.15, 0.2) is 42.1 Å². The zero-order valence-corrected chi connectivity index (χ0v) is 17.2. The van der Waals surface area contributed by atoms with Gasteiger partial charge in [-0.15, -0.1) is 16.8 Å². The monoisotopic (exact) mass is 400 g/mol. The second-order valence-electron chi connectivity index (χ2n) is 7.09. The van der Waals surface area contributed by atoms with Gasteiger partial charge in [0.25, 0.3) is 0 Å². The van der Waals surface area contributed by atoms with Crippen LogP contribution in [0, 0.1) is 6.92 Å². The van der Waals surface area contributed by atoms with Crippen molar-refractivity contribution in [2.24, 2.45) is 0 Å². The van der Waals surface area contributed by atoms with Gasteiger partial charge in [0.15, 0.2) is 11.0 Å². The minimum atomic E-state index is 0.0580. The lowest BCUT2D eigenvalue weighted by Gasteiger charge is -2.22. The van der Waals surface area contributed by atoms with Crippen molar-refractivity contribution in [1.29, 1.82) is 0 Å². The summed E-state index contributed by atoms with van der Waals surface area (Å²) in [6.07, 6.45) is 7.66. The molecule has 3 rings (SSSR count). The predicted octanol–water partition coefficient (Wildman–Crippen LogP) is 3.89. The molecular formula is C21H28N4O2S. The molecule has 28 heavy (non-hydrogen) atoms. The average molecular weight is 401 g/mol.